The van der Waals surface area contributed by atoms with E-state index in [-0.39, 0.29) is 6.09 Å². The zero-order valence-corrected chi connectivity index (χ0v) is 10.5. The number of rotatable bonds is 2. The highest BCUT2D eigenvalue weighted by molar-refractivity contribution is 5.95. The van der Waals surface area contributed by atoms with E-state index in [1.165, 1.54) is 0 Å². The maximum atomic E-state index is 11.6. The van der Waals surface area contributed by atoms with Crippen molar-refractivity contribution in [3.63, 3.8) is 0 Å². The molecule has 2 aromatic heterocycles. The number of aromatic amines is 1. The molecule has 100 valence electrons. The Labute approximate surface area is 113 Å². The molecular formula is C13H11N5O2. The first-order valence-electron chi connectivity index (χ1n) is 6.24. The van der Waals surface area contributed by atoms with Gasteiger partial charge in [-0.2, -0.15) is 5.10 Å². The van der Waals surface area contributed by atoms with E-state index in [1.54, 1.807) is 17.4 Å². The van der Waals surface area contributed by atoms with Crippen LogP contribution in [0.4, 0.5) is 10.5 Å². The van der Waals surface area contributed by atoms with Crippen LogP contribution < -0.4 is 4.90 Å². The van der Waals surface area contributed by atoms with E-state index >= 15 is 0 Å². The highest BCUT2D eigenvalue weighted by Gasteiger charge is 2.24. The number of nitrogens with zero attached hydrogens (tertiary/aromatic N) is 4. The minimum atomic E-state index is -0.308. The molecule has 1 aromatic carbocycles. The second kappa shape index (κ2) is 4.09. The highest BCUT2D eigenvalue weighted by atomic mass is 16.6. The van der Waals surface area contributed by atoms with Crippen LogP contribution in [-0.2, 0) is 4.74 Å². The van der Waals surface area contributed by atoms with Gasteiger partial charge in [-0.1, -0.05) is 0 Å². The first-order chi connectivity index (χ1) is 9.83. The van der Waals surface area contributed by atoms with Gasteiger partial charge in [-0.3, -0.25) is 14.6 Å². The number of amides is 1. The Morgan fingerprint density at radius 2 is 2.30 bits per heavy atom. The number of imidazole rings is 1. The molecule has 0 unspecified atom stereocenters. The Kier molecular flexibility index (Phi) is 2.26. The van der Waals surface area contributed by atoms with Crippen LogP contribution in [0.15, 0.2) is 36.9 Å². The Morgan fingerprint density at radius 3 is 3.05 bits per heavy atom. The fourth-order valence-electron chi connectivity index (χ4n) is 2.37. The second-order valence-corrected chi connectivity index (χ2v) is 4.51. The molecule has 0 radical (unpaired) electrons. The molecule has 3 aromatic rings. The molecule has 0 aliphatic carbocycles. The number of hydrogen-bond donors (Lipinski definition) is 1. The molecule has 1 fully saturated rings. The van der Waals surface area contributed by atoms with Gasteiger partial charge in [-0.15, -0.1) is 0 Å². The molecule has 7 heteroatoms. The normalized spacial score (nSPS) is 15.0. The van der Waals surface area contributed by atoms with Crippen LogP contribution >= 0.6 is 0 Å². The van der Waals surface area contributed by atoms with E-state index in [0.717, 1.165) is 22.4 Å². The largest absolute Gasteiger partial charge is 0.447 e. The van der Waals surface area contributed by atoms with Gasteiger partial charge >= 0.3 is 6.09 Å². The average Bonchev–Trinajstić information content (AvgIpc) is 3.17. The number of H-pyrrole nitrogens is 1. The van der Waals surface area contributed by atoms with Gasteiger partial charge in [0, 0.05) is 23.5 Å². The van der Waals surface area contributed by atoms with Crippen LogP contribution in [0, 0.1) is 0 Å². The molecule has 1 aliphatic rings. The van der Waals surface area contributed by atoms with Crippen molar-refractivity contribution in [2.45, 2.75) is 0 Å². The van der Waals surface area contributed by atoms with Gasteiger partial charge in [-0.25, -0.2) is 9.78 Å². The van der Waals surface area contributed by atoms with Gasteiger partial charge in [0.05, 0.1) is 12.1 Å². The predicted molar refractivity (Wildman–Crippen MR) is 71.9 cm³/mol. The summed E-state index contributed by atoms with van der Waals surface area (Å²) in [5.41, 5.74) is 1.72. The topological polar surface area (TPSA) is 76.0 Å². The number of hydrogen-bond acceptors (Lipinski definition) is 4. The van der Waals surface area contributed by atoms with E-state index in [0.29, 0.717) is 13.2 Å². The van der Waals surface area contributed by atoms with E-state index < -0.39 is 0 Å². The van der Waals surface area contributed by atoms with Gasteiger partial charge in [-0.05, 0) is 18.2 Å². The molecule has 1 saturated heterocycles. The van der Waals surface area contributed by atoms with E-state index in [9.17, 15) is 4.79 Å². The minimum absolute atomic E-state index is 0.308. The van der Waals surface area contributed by atoms with Gasteiger partial charge in [0.25, 0.3) is 0 Å². The van der Waals surface area contributed by atoms with Crippen molar-refractivity contribution in [1.29, 1.82) is 0 Å². The van der Waals surface area contributed by atoms with Crippen molar-refractivity contribution in [2.75, 3.05) is 18.1 Å². The molecule has 7 nitrogen and oxygen atoms in total. The maximum Gasteiger partial charge on any atom is 0.414 e. The summed E-state index contributed by atoms with van der Waals surface area (Å²) in [6, 6.07) is 5.72. The summed E-state index contributed by atoms with van der Waals surface area (Å²) in [5, 5.41) is 8.19. The third-order valence-electron chi connectivity index (χ3n) is 3.35. The number of carbonyl (C=O) groups is 1. The number of fused-ring (bicyclic) bond motifs is 1. The number of nitrogens with one attached hydrogen (secondary N) is 1. The van der Waals surface area contributed by atoms with Crippen molar-refractivity contribution < 1.29 is 9.53 Å². The minimum Gasteiger partial charge on any atom is -0.447 e. The quantitative estimate of drug-likeness (QED) is 0.768. The third-order valence-corrected chi connectivity index (χ3v) is 3.35. The van der Waals surface area contributed by atoms with Gasteiger partial charge in [0.1, 0.15) is 12.9 Å². The summed E-state index contributed by atoms with van der Waals surface area (Å²) >= 11 is 0. The van der Waals surface area contributed by atoms with E-state index in [1.807, 2.05) is 29.0 Å². The molecule has 1 aliphatic heterocycles. The Bertz CT molecular complexity index is 777. The molecule has 0 bridgehead atoms. The molecular weight excluding hydrogens is 258 g/mol. The lowest BCUT2D eigenvalue weighted by molar-refractivity contribution is 0.181. The molecule has 1 amide bonds. The molecule has 1 N–H and O–H groups in total. The predicted octanol–water partition coefficient (Wildman–Crippen LogP) is 1.71. The van der Waals surface area contributed by atoms with Crippen LogP contribution in [0.2, 0.25) is 0 Å². The number of anilines is 1. The lowest BCUT2D eigenvalue weighted by Gasteiger charge is -2.12. The van der Waals surface area contributed by atoms with Crippen molar-refractivity contribution in [1.82, 2.24) is 19.7 Å². The van der Waals surface area contributed by atoms with Crippen molar-refractivity contribution in [2.24, 2.45) is 0 Å². The molecule has 0 saturated carbocycles. The maximum absolute atomic E-state index is 11.6. The fraction of sp³-hybridized carbons (Fsp3) is 0.154. The van der Waals surface area contributed by atoms with Crippen LogP contribution in [0.25, 0.3) is 16.7 Å². The number of cyclic esters (lactones) is 1. The summed E-state index contributed by atoms with van der Waals surface area (Å²) in [7, 11) is 0. The summed E-state index contributed by atoms with van der Waals surface area (Å²) in [5.74, 6) is 0.756. The summed E-state index contributed by atoms with van der Waals surface area (Å²) in [4.78, 5) is 17.3. The number of aromatic nitrogens is 4. The molecule has 4 rings (SSSR count). The van der Waals surface area contributed by atoms with Crippen molar-refractivity contribution in [3.05, 3.63) is 36.9 Å². The lowest BCUT2D eigenvalue weighted by atomic mass is 10.2. The van der Waals surface area contributed by atoms with E-state index in [4.69, 9.17) is 4.74 Å². The van der Waals surface area contributed by atoms with Crippen LogP contribution in [0.5, 0.6) is 0 Å². The van der Waals surface area contributed by atoms with Gasteiger partial charge in [0.2, 0.25) is 0 Å². The number of ether oxygens (including phenoxy) is 1. The standard InChI is InChI=1S/C13H11N5O2/c19-13-18(5-6-20-13)9-1-2-11-10(7-9)12(16-15-11)17-4-3-14-8-17/h1-4,7-8H,5-6H2,(H,15,16). The third kappa shape index (κ3) is 1.56. The summed E-state index contributed by atoms with van der Waals surface area (Å²) in [6.07, 6.45) is 4.90. The highest BCUT2D eigenvalue weighted by Crippen LogP contribution is 2.26. The zero-order valence-electron chi connectivity index (χ0n) is 10.5. The van der Waals surface area contributed by atoms with Gasteiger partial charge < -0.3 is 4.74 Å². The molecule has 0 spiro atoms. The van der Waals surface area contributed by atoms with Crippen LogP contribution in [0.1, 0.15) is 0 Å². The van der Waals surface area contributed by atoms with Gasteiger partial charge in [0.15, 0.2) is 5.82 Å². The van der Waals surface area contributed by atoms with Crippen molar-refractivity contribution >= 4 is 22.7 Å². The molecule has 0 atom stereocenters. The summed E-state index contributed by atoms with van der Waals surface area (Å²) < 4.78 is 6.79. The van der Waals surface area contributed by atoms with Crippen LogP contribution in [-0.4, -0.2) is 39.0 Å². The van der Waals surface area contributed by atoms with Crippen LogP contribution in [0.3, 0.4) is 0 Å². The molecule has 3 heterocycles. The monoisotopic (exact) mass is 269 g/mol. The van der Waals surface area contributed by atoms with E-state index in [2.05, 4.69) is 15.2 Å². The van der Waals surface area contributed by atoms with Crippen molar-refractivity contribution in [3.8, 4) is 5.82 Å². The second-order valence-electron chi connectivity index (χ2n) is 4.51. The first-order valence-corrected chi connectivity index (χ1v) is 6.24. The Balaban J connectivity index is 1.85. The Morgan fingerprint density at radius 1 is 1.35 bits per heavy atom. The number of carbonyl (C=O) groups excluding carboxylic acids is 1. The molecule has 20 heavy (non-hydrogen) atoms. The fourth-order valence-corrected chi connectivity index (χ4v) is 2.37. The smallest absolute Gasteiger partial charge is 0.414 e. The lowest BCUT2D eigenvalue weighted by Crippen LogP contribution is -2.23. The first kappa shape index (κ1) is 11.0. The average molecular weight is 269 g/mol. The summed E-state index contributed by atoms with van der Waals surface area (Å²) in [6.45, 7) is 0.999. The SMILES string of the molecule is O=C1OCCN1c1ccc2[nH]nc(-n3ccnc3)c2c1. The Hall–Kier alpha value is -2.83. The number of benzene rings is 1. The zero-order chi connectivity index (χ0) is 13.5.